The fraction of sp³-hybridized carbons (Fsp3) is 0.409. The third kappa shape index (κ3) is 3.77. The van der Waals surface area contributed by atoms with E-state index in [-0.39, 0.29) is 30.0 Å². The number of rotatable bonds is 4. The molecule has 2 aliphatic heterocycles. The number of pyridine rings is 1. The highest BCUT2D eigenvalue weighted by atomic mass is 16.2. The highest BCUT2D eigenvalue weighted by molar-refractivity contribution is 6.48. The number of hydrogen-bond donors (Lipinski definition) is 2. The van der Waals surface area contributed by atoms with E-state index >= 15 is 0 Å². The van der Waals surface area contributed by atoms with E-state index in [4.69, 9.17) is 0 Å². The molecule has 0 aromatic carbocycles. The van der Waals surface area contributed by atoms with Crippen LogP contribution in [-0.4, -0.2) is 47.3 Å². The second kappa shape index (κ2) is 8.51. The highest BCUT2D eigenvalue weighted by Crippen LogP contribution is 2.36. The van der Waals surface area contributed by atoms with Gasteiger partial charge in [0.05, 0.1) is 34.9 Å². The lowest BCUT2D eigenvalue weighted by Gasteiger charge is -2.38. The molecule has 0 bridgehead atoms. The van der Waals surface area contributed by atoms with Crippen LogP contribution >= 0.6 is 0 Å². The van der Waals surface area contributed by atoms with E-state index in [1.165, 1.54) is 0 Å². The van der Waals surface area contributed by atoms with Crippen molar-refractivity contribution in [1.82, 2.24) is 15.6 Å². The lowest BCUT2D eigenvalue weighted by Crippen LogP contribution is -2.52. The van der Waals surface area contributed by atoms with Crippen molar-refractivity contribution in [1.29, 1.82) is 0 Å². The van der Waals surface area contributed by atoms with Crippen molar-refractivity contribution in [2.24, 2.45) is 27.0 Å². The molecule has 4 atom stereocenters. The van der Waals surface area contributed by atoms with Crippen LogP contribution in [0.15, 0.2) is 64.4 Å². The summed E-state index contributed by atoms with van der Waals surface area (Å²) < 4.78 is 0. The molecule has 3 aliphatic rings. The summed E-state index contributed by atoms with van der Waals surface area (Å²) in [6.45, 7) is 3.75. The van der Waals surface area contributed by atoms with Gasteiger partial charge in [-0.3, -0.25) is 9.98 Å². The van der Waals surface area contributed by atoms with E-state index in [1.54, 1.807) is 19.3 Å². The number of hydrogen-bond acceptors (Lipinski definition) is 5. The van der Waals surface area contributed by atoms with Gasteiger partial charge in [0.1, 0.15) is 0 Å². The zero-order valence-corrected chi connectivity index (χ0v) is 16.6. The van der Waals surface area contributed by atoms with Crippen molar-refractivity contribution in [3.63, 3.8) is 0 Å². The first-order valence-electron chi connectivity index (χ1n) is 10.1. The number of carbonyl (C=O) groups excluding carboxylic acids is 1. The molecule has 1 aromatic rings. The molecule has 150 valence electrons. The molecule has 1 aromatic heterocycles. The first-order valence-corrected chi connectivity index (χ1v) is 10.1. The van der Waals surface area contributed by atoms with Crippen LogP contribution in [0.25, 0.3) is 0 Å². The van der Waals surface area contributed by atoms with Crippen molar-refractivity contribution < 1.29 is 4.79 Å². The van der Waals surface area contributed by atoms with E-state index in [2.05, 4.69) is 37.4 Å². The Bertz CT molecular complexity index is 901. The van der Waals surface area contributed by atoms with Crippen LogP contribution in [0.5, 0.6) is 0 Å². The van der Waals surface area contributed by atoms with Crippen molar-refractivity contribution >= 4 is 23.2 Å². The summed E-state index contributed by atoms with van der Waals surface area (Å²) in [7, 11) is 1.75. The summed E-state index contributed by atoms with van der Waals surface area (Å²) in [5.74, 6) is 0.0844. The number of allylic oxidation sites excluding steroid dienone is 3. The van der Waals surface area contributed by atoms with Gasteiger partial charge in [-0.15, -0.1) is 0 Å². The molecule has 0 spiro atoms. The number of urea groups is 1. The monoisotopic (exact) mass is 390 g/mol. The summed E-state index contributed by atoms with van der Waals surface area (Å²) in [5.41, 5.74) is 3.32. The Kier molecular flexibility index (Phi) is 5.64. The third-order valence-electron chi connectivity index (χ3n) is 5.90. The Morgan fingerprint density at radius 2 is 2.10 bits per heavy atom. The fourth-order valence-electron chi connectivity index (χ4n) is 4.63. The van der Waals surface area contributed by atoms with Crippen LogP contribution < -0.4 is 10.6 Å². The summed E-state index contributed by atoms with van der Waals surface area (Å²) >= 11 is 0. The lowest BCUT2D eigenvalue weighted by atomic mass is 9.70. The predicted octanol–water partition coefficient (Wildman–Crippen LogP) is 2.91. The largest absolute Gasteiger partial charge is 0.333 e. The van der Waals surface area contributed by atoms with Crippen molar-refractivity contribution in [2.75, 3.05) is 7.05 Å². The molecule has 1 saturated carbocycles. The Morgan fingerprint density at radius 1 is 1.24 bits per heavy atom. The molecule has 29 heavy (non-hydrogen) atoms. The number of carbonyl (C=O) groups is 1. The number of aliphatic imine (C=N–C) groups is 1. The Morgan fingerprint density at radius 3 is 2.86 bits per heavy atom. The molecular formula is C22H26N6O. The zero-order valence-electron chi connectivity index (χ0n) is 16.6. The fourth-order valence-corrected chi connectivity index (χ4v) is 4.63. The van der Waals surface area contributed by atoms with E-state index in [1.807, 2.05) is 30.4 Å². The minimum absolute atomic E-state index is 0.0260. The van der Waals surface area contributed by atoms with Crippen molar-refractivity contribution in [3.8, 4) is 0 Å². The number of nitrogens with zero attached hydrogens (tertiary/aromatic N) is 4. The van der Waals surface area contributed by atoms with Crippen molar-refractivity contribution in [3.05, 3.63) is 54.9 Å². The molecule has 2 fully saturated rings. The lowest BCUT2D eigenvalue weighted by molar-refractivity contribution is 0.246. The van der Waals surface area contributed by atoms with Gasteiger partial charge in [-0.05, 0) is 31.1 Å². The number of amides is 2. The van der Waals surface area contributed by atoms with Gasteiger partial charge in [0.2, 0.25) is 0 Å². The number of fused-ring (bicyclic) bond motifs is 3. The van der Waals surface area contributed by atoms with Gasteiger partial charge in [0.25, 0.3) is 0 Å². The third-order valence-corrected chi connectivity index (χ3v) is 5.90. The molecular weight excluding hydrogens is 364 g/mol. The van der Waals surface area contributed by atoms with Gasteiger partial charge in [-0.25, -0.2) is 4.79 Å². The van der Waals surface area contributed by atoms with Gasteiger partial charge in [-0.2, -0.15) is 10.2 Å². The minimum Gasteiger partial charge on any atom is -0.333 e. The van der Waals surface area contributed by atoms with E-state index < -0.39 is 0 Å². The standard InChI is InChI=1S/C22H26N6O/c1-3-4-10-15(23-2)21-18-14(19(27-28-21)16-11-7-8-13-24-16)9-5-6-12-17-20(18)26-22(29)25-17/h3-4,7-8,10-11,13-14,17-18,20H,1,5-6,9,12H2,2H3,(H2,25,26,29)/b10-4-,23-15?. The van der Waals surface area contributed by atoms with Gasteiger partial charge in [0.15, 0.2) is 0 Å². The summed E-state index contributed by atoms with van der Waals surface area (Å²) in [4.78, 5) is 21.2. The SMILES string of the molecule is C=C/C=C\C(=NC)C1=NN=C(c2ccccn2)C2CCCCC3NC(=O)NC3C12. The Balaban J connectivity index is 1.83. The second-order valence-corrected chi connectivity index (χ2v) is 7.56. The molecule has 3 heterocycles. The normalized spacial score (nSPS) is 29.6. The second-order valence-electron chi connectivity index (χ2n) is 7.56. The topological polar surface area (TPSA) is 91.1 Å². The van der Waals surface area contributed by atoms with Crippen LogP contribution in [0.3, 0.4) is 0 Å². The van der Waals surface area contributed by atoms with Crippen molar-refractivity contribution in [2.45, 2.75) is 37.8 Å². The Hall–Kier alpha value is -3.09. The van der Waals surface area contributed by atoms with Gasteiger partial charge in [-0.1, -0.05) is 37.6 Å². The number of nitrogens with one attached hydrogen (secondary N) is 2. The smallest absolute Gasteiger partial charge is 0.315 e. The first kappa shape index (κ1) is 19.2. The van der Waals surface area contributed by atoms with Gasteiger partial charge in [0, 0.05) is 25.1 Å². The molecule has 4 unspecified atom stereocenters. The van der Waals surface area contributed by atoms with E-state index in [0.29, 0.717) is 0 Å². The predicted molar refractivity (Wildman–Crippen MR) is 116 cm³/mol. The van der Waals surface area contributed by atoms with Crippen LogP contribution in [-0.2, 0) is 0 Å². The molecule has 7 heteroatoms. The van der Waals surface area contributed by atoms with Crippen LogP contribution in [0.2, 0.25) is 0 Å². The van der Waals surface area contributed by atoms with E-state index in [9.17, 15) is 4.79 Å². The Labute approximate surface area is 170 Å². The molecule has 2 N–H and O–H groups in total. The average Bonchev–Trinajstić information content (AvgIpc) is 3.10. The van der Waals surface area contributed by atoms with E-state index in [0.717, 1.165) is 48.5 Å². The maximum atomic E-state index is 12.2. The summed E-state index contributed by atoms with van der Waals surface area (Å²) in [6, 6.07) is 5.74. The summed E-state index contributed by atoms with van der Waals surface area (Å²) in [6.07, 6.45) is 11.3. The molecule has 4 rings (SSSR count). The molecule has 1 aliphatic carbocycles. The molecule has 1 saturated heterocycles. The molecule has 2 amide bonds. The maximum Gasteiger partial charge on any atom is 0.315 e. The molecule has 7 nitrogen and oxygen atoms in total. The van der Waals surface area contributed by atoms with Crippen LogP contribution in [0, 0.1) is 11.8 Å². The highest BCUT2D eigenvalue weighted by Gasteiger charge is 2.47. The quantitative estimate of drug-likeness (QED) is 0.611. The number of aromatic nitrogens is 1. The minimum atomic E-state index is -0.112. The maximum absolute atomic E-state index is 12.2. The van der Waals surface area contributed by atoms with Gasteiger partial charge < -0.3 is 10.6 Å². The summed E-state index contributed by atoms with van der Waals surface area (Å²) in [5, 5.41) is 15.5. The van der Waals surface area contributed by atoms with Gasteiger partial charge >= 0.3 is 6.03 Å². The zero-order chi connectivity index (χ0) is 20.2. The first-order chi connectivity index (χ1) is 14.2. The molecule has 0 radical (unpaired) electrons. The average molecular weight is 390 g/mol. The van der Waals surface area contributed by atoms with Crippen LogP contribution in [0.1, 0.15) is 31.4 Å². The van der Waals surface area contributed by atoms with Crippen LogP contribution in [0.4, 0.5) is 4.79 Å².